The number of phosphoric acid groups is 1. The summed E-state index contributed by atoms with van der Waals surface area (Å²) in [6, 6.07) is -0.756. The number of likely N-dealkylation sites (N-methyl/N-ethyl adjacent to an activating group) is 1. The SMILES string of the molecule is CCCCCCC/C=C\C/C=C\CCCCCCCCCCCCCCCCCCCCCC(=O)NC(COP(=O)(O)OCC[N+](C)(C)C)C(O)CCCCCCCCCCCCCC. The molecule has 0 aromatic rings. The Bertz CT molecular complexity index is 1110. The van der Waals surface area contributed by atoms with Gasteiger partial charge in [-0.3, -0.25) is 13.8 Å². The number of aliphatic hydroxyl groups excluding tert-OH is 1. The zero-order valence-electron chi connectivity index (χ0n) is 44.0. The van der Waals surface area contributed by atoms with Crippen molar-refractivity contribution in [1.82, 2.24) is 5.32 Å². The predicted molar refractivity (Wildman–Crippen MR) is 281 cm³/mol. The Morgan fingerprint density at radius 2 is 0.877 bits per heavy atom. The molecule has 386 valence electrons. The van der Waals surface area contributed by atoms with Gasteiger partial charge < -0.3 is 19.8 Å². The van der Waals surface area contributed by atoms with Crippen molar-refractivity contribution in [2.45, 2.75) is 289 Å². The highest BCUT2D eigenvalue weighted by atomic mass is 31.2. The van der Waals surface area contributed by atoms with Gasteiger partial charge in [0.15, 0.2) is 0 Å². The van der Waals surface area contributed by atoms with Crippen molar-refractivity contribution in [1.29, 1.82) is 0 Å². The number of hydrogen-bond donors (Lipinski definition) is 3. The summed E-state index contributed by atoms with van der Waals surface area (Å²) < 4.78 is 23.7. The molecule has 9 heteroatoms. The number of quaternary nitrogens is 1. The Hall–Kier alpha value is -1.02. The molecule has 0 aliphatic carbocycles. The summed E-state index contributed by atoms with van der Waals surface area (Å²) in [5.74, 6) is -0.141. The van der Waals surface area contributed by atoms with Crippen molar-refractivity contribution in [3.05, 3.63) is 24.3 Å². The van der Waals surface area contributed by atoms with Crippen molar-refractivity contribution in [3.8, 4) is 0 Å². The number of nitrogens with zero attached hydrogens (tertiary/aromatic N) is 1. The molecule has 0 bridgehead atoms. The number of amides is 1. The maximum atomic E-state index is 13.0. The van der Waals surface area contributed by atoms with Crippen LogP contribution in [0.1, 0.15) is 277 Å². The van der Waals surface area contributed by atoms with E-state index >= 15 is 0 Å². The van der Waals surface area contributed by atoms with Crippen molar-refractivity contribution >= 4 is 13.7 Å². The van der Waals surface area contributed by atoms with Gasteiger partial charge in [-0.2, -0.15) is 0 Å². The van der Waals surface area contributed by atoms with Gasteiger partial charge in [0.25, 0.3) is 0 Å². The highest BCUT2D eigenvalue weighted by Gasteiger charge is 2.28. The lowest BCUT2D eigenvalue weighted by Gasteiger charge is -2.26. The standard InChI is InChI=1S/C56H111N2O6P/c1-6-8-10-12-14-16-18-20-21-22-23-24-25-26-27-28-29-30-31-32-33-34-35-36-37-38-40-42-44-46-48-50-56(60)57-54(53-64-65(61,62)63-52-51-58(3,4)5)55(59)49-47-45-43-41-39-19-17-15-13-11-9-7-2/h18,20,22-23,54-55,59H,6-17,19,21,24-53H2,1-5H3,(H-,57,60,61,62)/p+1/b20-18-,23-22-. The van der Waals surface area contributed by atoms with Gasteiger partial charge in [-0.05, 0) is 44.9 Å². The number of aliphatic hydroxyl groups is 1. The lowest BCUT2D eigenvalue weighted by atomic mass is 10.0. The molecule has 0 heterocycles. The second-order valence-electron chi connectivity index (χ2n) is 20.7. The van der Waals surface area contributed by atoms with E-state index in [1.165, 1.54) is 205 Å². The van der Waals surface area contributed by atoms with Crippen LogP contribution in [0.15, 0.2) is 24.3 Å². The van der Waals surface area contributed by atoms with Crippen LogP contribution in [0.25, 0.3) is 0 Å². The molecule has 0 aromatic carbocycles. The monoisotopic (exact) mass is 940 g/mol. The number of unbranched alkanes of at least 4 members (excludes halogenated alkanes) is 35. The van der Waals surface area contributed by atoms with Crippen molar-refractivity contribution in [2.75, 3.05) is 40.9 Å². The van der Waals surface area contributed by atoms with Gasteiger partial charge >= 0.3 is 7.82 Å². The normalized spacial score (nSPS) is 14.1. The van der Waals surface area contributed by atoms with Crippen LogP contribution in [-0.4, -0.2) is 73.4 Å². The average molecular weight is 940 g/mol. The summed E-state index contributed by atoms with van der Waals surface area (Å²) in [5, 5.41) is 14.0. The number of carbonyl (C=O) groups is 1. The van der Waals surface area contributed by atoms with Gasteiger partial charge in [-0.1, -0.05) is 250 Å². The molecule has 0 aromatic heterocycles. The first kappa shape index (κ1) is 64.0. The molecule has 3 N–H and O–H groups in total. The Morgan fingerprint density at radius 1 is 0.523 bits per heavy atom. The first-order chi connectivity index (χ1) is 31.5. The van der Waals surface area contributed by atoms with Gasteiger partial charge in [0, 0.05) is 6.42 Å². The zero-order valence-corrected chi connectivity index (χ0v) is 44.9. The molecular formula is C56H112N2O6P+. The molecule has 0 fully saturated rings. The van der Waals surface area contributed by atoms with E-state index in [2.05, 4.69) is 43.5 Å². The second kappa shape index (κ2) is 48.0. The van der Waals surface area contributed by atoms with Crippen LogP contribution in [-0.2, 0) is 18.4 Å². The van der Waals surface area contributed by atoms with Crippen molar-refractivity contribution in [3.63, 3.8) is 0 Å². The number of phosphoric ester groups is 1. The van der Waals surface area contributed by atoms with Gasteiger partial charge in [0.2, 0.25) is 5.91 Å². The molecule has 8 nitrogen and oxygen atoms in total. The topological polar surface area (TPSA) is 105 Å². The smallest absolute Gasteiger partial charge is 0.391 e. The highest BCUT2D eigenvalue weighted by molar-refractivity contribution is 7.47. The van der Waals surface area contributed by atoms with Crippen LogP contribution in [0.4, 0.5) is 0 Å². The third kappa shape index (κ3) is 50.7. The number of carbonyl (C=O) groups excluding carboxylic acids is 1. The van der Waals surface area contributed by atoms with E-state index in [0.29, 0.717) is 23.9 Å². The fraction of sp³-hybridized carbons (Fsp3) is 0.911. The Morgan fingerprint density at radius 3 is 1.26 bits per heavy atom. The third-order valence-electron chi connectivity index (χ3n) is 13.0. The lowest BCUT2D eigenvalue weighted by molar-refractivity contribution is -0.870. The van der Waals surface area contributed by atoms with E-state index in [4.69, 9.17) is 9.05 Å². The van der Waals surface area contributed by atoms with Crippen molar-refractivity contribution < 1.29 is 32.9 Å². The Labute approximate surface area is 404 Å². The van der Waals surface area contributed by atoms with Crippen LogP contribution in [0.3, 0.4) is 0 Å². The maximum absolute atomic E-state index is 13.0. The number of nitrogens with one attached hydrogen (secondary N) is 1. The zero-order chi connectivity index (χ0) is 47.8. The van der Waals surface area contributed by atoms with E-state index < -0.39 is 20.0 Å². The third-order valence-corrected chi connectivity index (χ3v) is 13.9. The Kier molecular flexibility index (Phi) is 47.3. The summed E-state index contributed by atoms with van der Waals surface area (Å²) in [6.07, 6.45) is 59.5. The van der Waals surface area contributed by atoms with E-state index in [-0.39, 0.29) is 19.1 Å². The predicted octanol–water partition coefficient (Wildman–Crippen LogP) is 16.8. The Balaban J connectivity index is 3.98. The van der Waals surface area contributed by atoms with Gasteiger partial charge in [-0.25, -0.2) is 4.57 Å². The van der Waals surface area contributed by atoms with Crippen molar-refractivity contribution in [2.24, 2.45) is 0 Å². The number of hydrogen-bond acceptors (Lipinski definition) is 5. The minimum absolute atomic E-state index is 0.0768. The summed E-state index contributed by atoms with van der Waals surface area (Å²) >= 11 is 0. The van der Waals surface area contributed by atoms with E-state index in [1.54, 1.807) is 0 Å². The number of rotatable bonds is 52. The molecule has 1 amide bonds. The molecule has 0 aliphatic heterocycles. The van der Waals surface area contributed by atoms with E-state index in [1.807, 2.05) is 21.1 Å². The van der Waals surface area contributed by atoms with Crippen LogP contribution in [0, 0.1) is 0 Å². The molecular weight excluding hydrogens is 828 g/mol. The fourth-order valence-electron chi connectivity index (χ4n) is 8.49. The van der Waals surface area contributed by atoms with Crippen LogP contribution >= 0.6 is 7.82 Å². The maximum Gasteiger partial charge on any atom is 0.472 e. The highest BCUT2D eigenvalue weighted by Crippen LogP contribution is 2.43. The molecule has 3 atom stereocenters. The molecule has 0 saturated carbocycles. The van der Waals surface area contributed by atoms with Crippen LogP contribution < -0.4 is 5.32 Å². The summed E-state index contributed by atoms with van der Waals surface area (Å²) in [6.45, 7) is 4.90. The summed E-state index contributed by atoms with van der Waals surface area (Å²) in [5.41, 5.74) is 0. The fourth-order valence-corrected chi connectivity index (χ4v) is 9.23. The molecule has 0 spiro atoms. The quantitative estimate of drug-likeness (QED) is 0.0243. The van der Waals surface area contributed by atoms with E-state index in [9.17, 15) is 19.4 Å². The van der Waals surface area contributed by atoms with Gasteiger partial charge in [0.05, 0.1) is 39.9 Å². The average Bonchev–Trinajstić information content (AvgIpc) is 3.26. The van der Waals surface area contributed by atoms with Crippen LogP contribution in [0.2, 0.25) is 0 Å². The molecule has 0 radical (unpaired) electrons. The first-order valence-electron chi connectivity index (χ1n) is 28.2. The first-order valence-corrected chi connectivity index (χ1v) is 29.7. The largest absolute Gasteiger partial charge is 0.472 e. The molecule has 0 aliphatic rings. The lowest BCUT2D eigenvalue weighted by Crippen LogP contribution is -2.46. The molecule has 0 saturated heterocycles. The van der Waals surface area contributed by atoms with E-state index in [0.717, 1.165) is 44.9 Å². The molecule has 65 heavy (non-hydrogen) atoms. The summed E-state index contributed by atoms with van der Waals surface area (Å²) in [7, 11) is 1.63. The second-order valence-corrected chi connectivity index (χ2v) is 22.1. The van der Waals surface area contributed by atoms with Gasteiger partial charge in [-0.15, -0.1) is 0 Å². The molecule has 3 unspecified atom stereocenters. The summed E-state index contributed by atoms with van der Waals surface area (Å²) in [4.78, 5) is 23.3. The minimum Gasteiger partial charge on any atom is -0.391 e. The minimum atomic E-state index is -4.31. The molecule has 0 rings (SSSR count). The van der Waals surface area contributed by atoms with Gasteiger partial charge in [0.1, 0.15) is 13.2 Å². The number of allylic oxidation sites excluding steroid dienone is 4. The van der Waals surface area contributed by atoms with Crippen LogP contribution in [0.5, 0.6) is 0 Å².